The van der Waals surface area contributed by atoms with Crippen LogP contribution in [0.4, 0.5) is 0 Å². The maximum Gasteiger partial charge on any atom is 0.268 e. The van der Waals surface area contributed by atoms with Crippen molar-refractivity contribution in [2.75, 3.05) is 40.9 Å². The number of likely N-dealkylation sites (N-methyl/N-ethyl adjacent to an activating group) is 1. The van der Waals surface area contributed by atoms with Crippen LogP contribution in [0.2, 0.25) is 0 Å². The number of aliphatic hydroxyl groups is 1. The summed E-state index contributed by atoms with van der Waals surface area (Å²) in [5, 5.41) is 13.7. The normalized spacial score (nSPS) is 13.9. The minimum atomic E-state index is -4.57. The van der Waals surface area contributed by atoms with Crippen molar-refractivity contribution >= 4 is 13.7 Å². The minimum absolute atomic E-state index is 0.00131. The molecule has 0 aromatic carbocycles. The van der Waals surface area contributed by atoms with Gasteiger partial charge >= 0.3 is 0 Å². The molecule has 68 heavy (non-hydrogen) atoms. The zero-order valence-corrected chi connectivity index (χ0v) is 47.2. The van der Waals surface area contributed by atoms with Gasteiger partial charge in [0.2, 0.25) is 5.91 Å². The second-order valence-corrected chi connectivity index (χ2v) is 23.5. The summed E-state index contributed by atoms with van der Waals surface area (Å²) in [6, 6.07) is -0.878. The smallest absolute Gasteiger partial charge is 0.268 e. The SMILES string of the molecule is CCCCCC/C=C/C(O)C(COP(=O)([O-])OCC[N+](C)(C)C)NC(=O)CCCCCCCCCCCCCCCCCCCCCCCCCCCCCCCCCCCCCCCCCC. The predicted molar refractivity (Wildman–Crippen MR) is 293 cm³/mol. The average molecular weight is 984 g/mol. The number of aliphatic hydroxyl groups excluding tert-OH is 1. The Morgan fingerprint density at radius 2 is 0.794 bits per heavy atom. The summed E-state index contributed by atoms with van der Waals surface area (Å²) in [4.78, 5) is 25.2. The number of quaternary nitrogens is 1. The van der Waals surface area contributed by atoms with Crippen LogP contribution in [0.5, 0.6) is 0 Å². The maximum atomic E-state index is 12.8. The Labute approximate surface area is 424 Å². The molecule has 1 amide bonds. The van der Waals surface area contributed by atoms with Crippen molar-refractivity contribution in [3.05, 3.63) is 12.2 Å². The molecule has 9 heteroatoms. The largest absolute Gasteiger partial charge is 0.756 e. The molecule has 0 radical (unpaired) electrons. The van der Waals surface area contributed by atoms with E-state index < -0.39 is 20.0 Å². The third kappa shape index (κ3) is 53.0. The fourth-order valence-electron chi connectivity index (χ4n) is 9.27. The molecule has 0 aliphatic carbocycles. The number of nitrogens with one attached hydrogen (secondary N) is 1. The molecule has 0 saturated carbocycles. The highest BCUT2D eigenvalue weighted by Gasteiger charge is 2.23. The lowest BCUT2D eigenvalue weighted by atomic mass is 10.0. The molecule has 3 atom stereocenters. The zero-order chi connectivity index (χ0) is 49.9. The third-order valence-corrected chi connectivity index (χ3v) is 15.0. The quantitative estimate of drug-likeness (QED) is 0.0272. The van der Waals surface area contributed by atoms with Gasteiger partial charge in [0.05, 0.1) is 39.9 Å². The highest BCUT2D eigenvalue weighted by Crippen LogP contribution is 2.38. The van der Waals surface area contributed by atoms with Crippen LogP contribution >= 0.6 is 7.82 Å². The van der Waals surface area contributed by atoms with Crippen molar-refractivity contribution < 1.29 is 32.9 Å². The molecule has 406 valence electrons. The lowest BCUT2D eigenvalue weighted by Gasteiger charge is -2.29. The maximum absolute atomic E-state index is 12.8. The molecule has 0 spiro atoms. The number of rotatable bonds is 56. The fraction of sp³-hybridized carbons (Fsp3) is 0.949. The van der Waals surface area contributed by atoms with Crippen LogP contribution in [0.25, 0.3) is 0 Å². The monoisotopic (exact) mass is 983 g/mol. The molecule has 0 aromatic heterocycles. The van der Waals surface area contributed by atoms with E-state index in [0.29, 0.717) is 17.4 Å². The van der Waals surface area contributed by atoms with Crippen LogP contribution in [0.3, 0.4) is 0 Å². The first-order chi connectivity index (χ1) is 33.0. The van der Waals surface area contributed by atoms with Crippen molar-refractivity contribution in [3.8, 4) is 0 Å². The molecule has 8 nitrogen and oxygen atoms in total. The summed E-state index contributed by atoms with van der Waals surface area (Å²) < 4.78 is 23.1. The summed E-state index contributed by atoms with van der Waals surface area (Å²) in [5.74, 6) is -0.197. The van der Waals surface area contributed by atoms with Crippen LogP contribution < -0.4 is 10.2 Å². The van der Waals surface area contributed by atoms with Gasteiger partial charge in [0.15, 0.2) is 0 Å². The van der Waals surface area contributed by atoms with E-state index in [1.54, 1.807) is 6.08 Å². The van der Waals surface area contributed by atoms with Gasteiger partial charge in [-0.05, 0) is 19.3 Å². The summed E-state index contributed by atoms with van der Waals surface area (Å²) in [5.41, 5.74) is 0. The second-order valence-electron chi connectivity index (χ2n) is 22.1. The first kappa shape index (κ1) is 67.2. The first-order valence-corrected chi connectivity index (χ1v) is 31.5. The molecule has 0 aromatic rings. The molecule has 0 fully saturated rings. The number of hydrogen-bond donors (Lipinski definition) is 2. The highest BCUT2D eigenvalue weighted by atomic mass is 31.2. The summed E-state index contributed by atoms with van der Waals surface area (Å²) >= 11 is 0. The summed E-state index contributed by atoms with van der Waals surface area (Å²) in [6.45, 7) is 4.59. The number of phosphoric acid groups is 1. The lowest BCUT2D eigenvalue weighted by Crippen LogP contribution is -2.45. The molecule has 0 aliphatic heterocycles. The summed E-state index contributed by atoms with van der Waals surface area (Å²) in [7, 11) is 1.27. The Kier molecular flexibility index (Phi) is 50.6. The van der Waals surface area contributed by atoms with Gasteiger partial charge in [0.1, 0.15) is 13.2 Å². The van der Waals surface area contributed by atoms with Crippen LogP contribution in [0.15, 0.2) is 12.2 Å². The zero-order valence-electron chi connectivity index (χ0n) is 46.3. The van der Waals surface area contributed by atoms with Gasteiger partial charge < -0.3 is 28.8 Å². The van der Waals surface area contributed by atoms with E-state index in [0.717, 1.165) is 44.9 Å². The van der Waals surface area contributed by atoms with Crippen LogP contribution in [0, 0.1) is 0 Å². The molecule has 0 rings (SSSR count). The number of hydrogen-bond acceptors (Lipinski definition) is 6. The van der Waals surface area contributed by atoms with E-state index in [1.807, 2.05) is 27.2 Å². The lowest BCUT2D eigenvalue weighted by molar-refractivity contribution is -0.870. The standard InChI is InChI=1S/C59H119N2O6P/c1-6-8-10-12-14-15-16-17-18-19-20-21-22-23-24-25-26-27-28-29-30-31-32-33-34-35-36-37-38-39-40-41-42-43-44-45-46-47-49-51-53-59(63)60-57(58(62)52-50-48-13-11-9-7-2)56-67-68(64,65)66-55-54-61(3,4)5/h50,52,57-58,62H,6-49,51,53-56H2,1-5H3,(H-,60,63,64,65)/b52-50+. The second kappa shape index (κ2) is 51.2. The molecule has 0 bridgehead atoms. The van der Waals surface area contributed by atoms with Crippen LogP contribution in [0.1, 0.15) is 309 Å². The van der Waals surface area contributed by atoms with Gasteiger partial charge in [0, 0.05) is 6.42 Å². The Morgan fingerprint density at radius 3 is 1.10 bits per heavy atom. The number of carbonyl (C=O) groups excluding carboxylic acids is 1. The van der Waals surface area contributed by atoms with Gasteiger partial charge in [0.25, 0.3) is 7.82 Å². The molecule has 0 heterocycles. The molecular formula is C59H119N2O6P. The van der Waals surface area contributed by atoms with Crippen molar-refractivity contribution in [1.82, 2.24) is 5.32 Å². The van der Waals surface area contributed by atoms with Gasteiger partial charge in [-0.15, -0.1) is 0 Å². The number of phosphoric ester groups is 1. The third-order valence-electron chi connectivity index (χ3n) is 14.0. The number of unbranched alkanes of at least 4 members (excludes halogenated alkanes) is 43. The molecule has 3 unspecified atom stereocenters. The van der Waals surface area contributed by atoms with Crippen molar-refractivity contribution in [2.45, 2.75) is 321 Å². The molecule has 2 N–H and O–H groups in total. The van der Waals surface area contributed by atoms with Crippen LogP contribution in [-0.2, 0) is 18.4 Å². The number of nitrogens with zero attached hydrogens (tertiary/aromatic N) is 1. The minimum Gasteiger partial charge on any atom is -0.756 e. The van der Waals surface area contributed by atoms with Crippen molar-refractivity contribution in [1.29, 1.82) is 0 Å². The van der Waals surface area contributed by atoms with Gasteiger partial charge in [-0.3, -0.25) is 9.36 Å². The van der Waals surface area contributed by atoms with Gasteiger partial charge in [-0.25, -0.2) is 0 Å². The molecule has 0 saturated heterocycles. The molecule has 0 aliphatic rings. The summed E-state index contributed by atoms with van der Waals surface area (Å²) in [6.07, 6.45) is 63.9. The van der Waals surface area contributed by atoms with E-state index in [9.17, 15) is 19.4 Å². The van der Waals surface area contributed by atoms with E-state index >= 15 is 0 Å². The topological polar surface area (TPSA) is 108 Å². The van der Waals surface area contributed by atoms with Crippen molar-refractivity contribution in [3.63, 3.8) is 0 Å². The van der Waals surface area contributed by atoms with E-state index in [2.05, 4.69) is 19.2 Å². The number of carbonyl (C=O) groups is 1. The van der Waals surface area contributed by atoms with E-state index in [1.165, 1.54) is 244 Å². The highest BCUT2D eigenvalue weighted by molar-refractivity contribution is 7.45. The average Bonchev–Trinajstić information content (AvgIpc) is 3.30. The van der Waals surface area contributed by atoms with Crippen LogP contribution in [-0.4, -0.2) is 68.5 Å². The first-order valence-electron chi connectivity index (χ1n) is 30.1. The van der Waals surface area contributed by atoms with Gasteiger partial charge in [-0.1, -0.05) is 296 Å². The fourth-order valence-corrected chi connectivity index (χ4v) is 10.00. The predicted octanol–water partition coefficient (Wildman–Crippen LogP) is 17.6. The van der Waals surface area contributed by atoms with E-state index in [4.69, 9.17) is 9.05 Å². The number of allylic oxidation sites excluding steroid dienone is 1. The molecular weight excluding hydrogens is 864 g/mol. The van der Waals surface area contributed by atoms with Crippen molar-refractivity contribution in [2.24, 2.45) is 0 Å². The Bertz CT molecular complexity index is 1120. The Morgan fingerprint density at radius 1 is 0.500 bits per heavy atom. The van der Waals surface area contributed by atoms with Gasteiger partial charge in [-0.2, -0.15) is 0 Å². The Balaban J connectivity index is 3.64. The van der Waals surface area contributed by atoms with E-state index in [-0.39, 0.29) is 19.1 Å². The Hall–Kier alpha value is -0.760. The number of amides is 1.